The van der Waals surface area contributed by atoms with E-state index in [1.165, 1.54) is 0 Å². The molecule has 0 bridgehead atoms. The van der Waals surface area contributed by atoms with E-state index >= 15 is 0 Å². The van der Waals surface area contributed by atoms with Crippen molar-refractivity contribution in [3.8, 4) is 0 Å². The summed E-state index contributed by atoms with van der Waals surface area (Å²) >= 11 is 0. The number of carbonyl (C=O) groups is 2. The van der Waals surface area contributed by atoms with Gasteiger partial charge in [0.05, 0.1) is 11.1 Å². The van der Waals surface area contributed by atoms with Gasteiger partial charge in [0.2, 0.25) is 0 Å². The highest BCUT2D eigenvalue weighted by Gasteiger charge is 2.22. The highest BCUT2D eigenvalue weighted by molar-refractivity contribution is 6.09. The molecule has 0 aliphatic carbocycles. The number of unbranched alkanes of at least 4 members (excludes halogenated alkanes) is 4. The fourth-order valence-electron chi connectivity index (χ4n) is 3.48. The van der Waals surface area contributed by atoms with Crippen LogP contribution >= 0.6 is 0 Å². The van der Waals surface area contributed by atoms with E-state index in [1.54, 1.807) is 6.07 Å². The second-order valence-electron chi connectivity index (χ2n) is 6.86. The molecule has 0 saturated heterocycles. The van der Waals surface area contributed by atoms with E-state index in [-0.39, 0.29) is 11.1 Å². The molecule has 4 nitrogen and oxygen atoms in total. The van der Waals surface area contributed by atoms with Gasteiger partial charge in [-0.2, -0.15) is 0 Å². The summed E-state index contributed by atoms with van der Waals surface area (Å²) in [4.78, 5) is 23.7. The van der Waals surface area contributed by atoms with Gasteiger partial charge in [0, 0.05) is 0 Å². The summed E-state index contributed by atoms with van der Waals surface area (Å²) in [5.74, 6) is -2.11. The van der Waals surface area contributed by atoms with E-state index in [4.69, 9.17) is 0 Å². The minimum atomic E-state index is -1.06. The second kappa shape index (κ2) is 9.37. The van der Waals surface area contributed by atoms with Crippen LogP contribution in [0, 0.1) is 0 Å². The molecule has 0 aliphatic rings. The summed E-state index contributed by atoms with van der Waals surface area (Å²) in [6.07, 6.45) is 7.51. The summed E-state index contributed by atoms with van der Waals surface area (Å²) in [5, 5.41) is 20.7. The highest BCUT2D eigenvalue weighted by atomic mass is 16.4. The molecule has 0 saturated carbocycles. The van der Waals surface area contributed by atoms with Crippen LogP contribution in [0.3, 0.4) is 0 Å². The maximum Gasteiger partial charge on any atom is 0.336 e. The Hall–Kier alpha value is -2.36. The lowest BCUT2D eigenvalue weighted by molar-refractivity contribution is 0.0695. The SMILES string of the molecule is CCCCCc1ccc2c(C(=O)O)c(CCCCC)c(C(=O)O)cc2c1. The normalized spacial score (nSPS) is 11.0. The largest absolute Gasteiger partial charge is 0.478 e. The van der Waals surface area contributed by atoms with Gasteiger partial charge >= 0.3 is 11.9 Å². The molecule has 2 aromatic rings. The standard InChI is InChI=1S/C22H28O4/c1-3-5-7-9-15-11-12-17-16(13-15)14-19(21(23)24)18(10-8-6-4-2)20(17)22(25)26/h11-14H,3-10H2,1-2H3,(H,23,24)(H,25,26). The minimum absolute atomic E-state index is 0.122. The van der Waals surface area contributed by atoms with Crippen LogP contribution in [0.4, 0.5) is 0 Å². The number of benzene rings is 2. The summed E-state index contributed by atoms with van der Waals surface area (Å²) in [6, 6.07) is 7.41. The number of hydrogen-bond donors (Lipinski definition) is 2. The van der Waals surface area contributed by atoms with Crippen LogP contribution in [-0.4, -0.2) is 22.2 Å². The van der Waals surface area contributed by atoms with Gasteiger partial charge in [0.25, 0.3) is 0 Å². The number of rotatable bonds is 10. The molecule has 4 heteroatoms. The highest BCUT2D eigenvalue weighted by Crippen LogP contribution is 2.29. The number of aromatic carboxylic acids is 2. The molecule has 0 amide bonds. The fourth-order valence-corrected chi connectivity index (χ4v) is 3.48. The van der Waals surface area contributed by atoms with Crippen molar-refractivity contribution < 1.29 is 19.8 Å². The van der Waals surface area contributed by atoms with Crippen molar-refractivity contribution in [2.24, 2.45) is 0 Å². The maximum absolute atomic E-state index is 11.9. The Kier molecular flexibility index (Phi) is 7.19. The lowest BCUT2D eigenvalue weighted by Gasteiger charge is -2.14. The first-order valence-electron chi connectivity index (χ1n) is 9.54. The Balaban J connectivity index is 2.56. The van der Waals surface area contributed by atoms with Crippen molar-refractivity contribution in [3.05, 3.63) is 46.5 Å². The van der Waals surface area contributed by atoms with Crippen molar-refractivity contribution in [2.75, 3.05) is 0 Å². The first kappa shape index (κ1) is 20.0. The summed E-state index contributed by atoms with van der Waals surface area (Å²) < 4.78 is 0. The summed E-state index contributed by atoms with van der Waals surface area (Å²) in [5.41, 5.74) is 1.84. The fraction of sp³-hybridized carbons (Fsp3) is 0.455. The van der Waals surface area contributed by atoms with Gasteiger partial charge in [0.1, 0.15) is 0 Å². The Morgan fingerprint density at radius 3 is 2.08 bits per heavy atom. The topological polar surface area (TPSA) is 74.6 Å². The molecule has 0 spiro atoms. The molecule has 2 aromatic carbocycles. The van der Waals surface area contributed by atoms with Crippen LogP contribution in [0.25, 0.3) is 10.8 Å². The number of carboxylic acids is 2. The predicted octanol–water partition coefficient (Wildman–Crippen LogP) is 5.70. The van der Waals surface area contributed by atoms with Crippen LogP contribution in [0.5, 0.6) is 0 Å². The molecule has 26 heavy (non-hydrogen) atoms. The monoisotopic (exact) mass is 356 g/mol. The van der Waals surface area contributed by atoms with Crippen molar-refractivity contribution in [3.63, 3.8) is 0 Å². The van der Waals surface area contributed by atoms with Gasteiger partial charge in [-0.05, 0) is 53.6 Å². The summed E-state index contributed by atoms with van der Waals surface area (Å²) in [6.45, 7) is 4.22. The zero-order valence-electron chi connectivity index (χ0n) is 15.7. The van der Waals surface area contributed by atoms with Gasteiger partial charge in [-0.25, -0.2) is 9.59 Å². The van der Waals surface area contributed by atoms with E-state index in [1.807, 2.05) is 18.2 Å². The van der Waals surface area contributed by atoms with Crippen molar-refractivity contribution in [2.45, 2.75) is 65.2 Å². The third kappa shape index (κ3) is 4.63. The van der Waals surface area contributed by atoms with E-state index in [0.717, 1.165) is 50.5 Å². The molecule has 0 unspecified atom stereocenters. The Labute approximate surface area is 154 Å². The third-order valence-corrected chi connectivity index (χ3v) is 4.86. The average Bonchev–Trinajstić information content (AvgIpc) is 2.60. The lowest BCUT2D eigenvalue weighted by atomic mass is 9.89. The van der Waals surface area contributed by atoms with Crippen molar-refractivity contribution in [1.82, 2.24) is 0 Å². The number of aryl methyl sites for hydroxylation is 1. The van der Waals surface area contributed by atoms with Crippen LogP contribution in [0.15, 0.2) is 24.3 Å². The summed E-state index contributed by atoms with van der Waals surface area (Å²) in [7, 11) is 0. The second-order valence-corrected chi connectivity index (χ2v) is 6.86. The molecule has 140 valence electrons. The number of hydrogen-bond acceptors (Lipinski definition) is 2. The number of carboxylic acid groups (broad SMARTS) is 2. The Bertz CT molecular complexity index is 792. The maximum atomic E-state index is 11.9. The molecule has 2 rings (SSSR count). The first-order chi connectivity index (χ1) is 12.5. The first-order valence-corrected chi connectivity index (χ1v) is 9.54. The van der Waals surface area contributed by atoms with Gasteiger partial charge in [-0.1, -0.05) is 57.7 Å². The van der Waals surface area contributed by atoms with Crippen LogP contribution in [0.2, 0.25) is 0 Å². The zero-order chi connectivity index (χ0) is 19.1. The van der Waals surface area contributed by atoms with Crippen LogP contribution in [0.1, 0.15) is 84.2 Å². The molecular weight excluding hydrogens is 328 g/mol. The van der Waals surface area contributed by atoms with Crippen LogP contribution < -0.4 is 0 Å². The molecule has 0 fully saturated rings. The molecule has 0 radical (unpaired) electrons. The van der Waals surface area contributed by atoms with E-state index in [2.05, 4.69) is 13.8 Å². The van der Waals surface area contributed by atoms with Crippen molar-refractivity contribution in [1.29, 1.82) is 0 Å². The molecule has 2 N–H and O–H groups in total. The van der Waals surface area contributed by atoms with E-state index in [9.17, 15) is 19.8 Å². The molecule has 0 heterocycles. The zero-order valence-corrected chi connectivity index (χ0v) is 15.7. The quantitative estimate of drug-likeness (QED) is 0.535. The lowest BCUT2D eigenvalue weighted by Crippen LogP contribution is -2.11. The molecular formula is C22H28O4. The molecule has 0 atom stereocenters. The molecule has 0 aromatic heterocycles. The molecule has 0 aliphatic heterocycles. The van der Waals surface area contributed by atoms with Gasteiger partial charge in [-0.3, -0.25) is 0 Å². The predicted molar refractivity (Wildman–Crippen MR) is 104 cm³/mol. The Morgan fingerprint density at radius 2 is 1.50 bits per heavy atom. The van der Waals surface area contributed by atoms with E-state index in [0.29, 0.717) is 22.8 Å². The van der Waals surface area contributed by atoms with Gasteiger partial charge < -0.3 is 10.2 Å². The van der Waals surface area contributed by atoms with Gasteiger partial charge in [0.15, 0.2) is 0 Å². The third-order valence-electron chi connectivity index (χ3n) is 4.86. The van der Waals surface area contributed by atoms with Gasteiger partial charge in [-0.15, -0.1) is 0 Å². The average molecular weight is 356 g/mol. The van der Waals surface area contributed by atoms with Crippen molar-refractivity contribution >= 4 is 22.7 Å². The number of fused-ring (bicyclic) bond motifs is 1. The van der Waals surface area contributed by atoms with E-state index < -0.39 is 11.9 Å². The van der Waals surface area contributed by atoms with Crippen LogP contribution in [-0.2, 0) is 12.8 Å². The minimum Gasteiger partial charge on any atom is -0.478 e. The smallest absolute Gasteiger partial charge is 0.336 e. The Morgan fingerprint density at radius 1 is 0.846 bits per heavy atom.